The highest BCUT2D eigenvalue weighted by molar-refractivity contribution is 7.19. The molecule has 6 heteroatoms. The lowest BCUT2D eigenvalue weighted by molar-refractivity contribution is -0.114. The normalized spacial score (nSPS) is 17.5. The van der Waals surface area contributed by atoms with Gasteiger partial charge in [0.05, 0.1) is 11.0 Å². The van der Waals surface area contributed by atoms with Crippen molar-refractivity contribution in [3.8, 4) is 10.4 Å². The number of carbonyl (C=O) groups is 1. The second-order valence-corrected chi connectivity index (χ2v) is 6.98. The van der Waals surface area contributed by atoms with Crippen LogP contribution in [0.15, 0.2) is 48.6 Å². The summed E-state index contributed by atoms with van der Waals surface area (Å²) in [7, 11) is 0. The van der Waals surface area contributed by atoms with Crippen LogP contribution in [0.4, 0.5) is 13.8 Å². The zero-order chi connectivity index (χ0) is 17.8. The van der Waals surface area contributed by atoms with E-state index in [1.54, 1.807) is 24.3 Å². The molecule has 2 heterocycles. The van der Waals surface area contributed by atoms with E-state index in [1.165, 1.54) is 23.5 Å². The molecular formula is C19H20F2N2OS. The van der Waals surface area contributed by atoms with Gasteiger partial charge in [-0.25, -0.2) is 8.78 Å². The largest absolute Gasteiger partial charge is 0.315 e. The van der Waals surface area contributed by atoms with Gasteiger partial charge >= 0.3 is 0 Å². The summed E-state index contributed by atoms with van der Waals surface area (Å²) in [6.45, 7) is 3.50. The van der Waals surface area contributed by atoms with Gasteiger partial charge in [-0.05, 0) is 43.7 Å². The van der Waals surface area contributed by atoms with Crippen molar-refractivity contribution >= 4 is 22.2 Å². The maximum Gasteiger partial charge on any atom is 0.263 e. The standard InChI is InChI=1S/C19H20F2N2OS/c1-2-3-17(24)23(15-10-11-22-12-15)18-9-8-16(25-18)13-4-6-14(7-5-13)19(20)21/h2-9,15,19,22H,10-12H2,1H3. The Balaban J connectivity index is 1.87. The Morgan fingerprint density at radius 2 is 2.04 bits per heavy atom. The molecular weight excluding hydrogens is 342 g/mol. The summed E-state index contributed by atoms with van der Waals surface area (Å²) in [4.78, 5) is 15.3. The molecule has 1 amide bonds. The van der Waals surface area contributed by atoms with Crippen molar-refractivity contribution in [1.29, 1.82) is 0 Å². The number of carbonyl (C=O) groups excluding carboxylic acids is 1. The van der Waals surface area contributed by atoms with Gasteiger partial charge in [-0.2, -0.15) is 0 Å². The van der Waals surface area contributed by atoms with Crippen molar-refractivity contribution in [2.75, 3.05) is 18.0 Å². The van der Waals surface area contributed by atoms with Crippen LogP contribution in [0.2, 0.25) is 0 Å². The van der Waals surface area contributed by atoms with Crippen LogP contribution in [0, 0.1) is 0 Å². The van der Waals surface area contributed by atoms with E-state index in [-0.39, 0.29) is 17.5 Å². The molecule has 25 heavy (non-hydrogen) atoms. The average molecular weight is 362 g/mol. The highest BCUT2D eigenvalue weighted by atomic mass is 32.1. The number of alkyl halides is 2. The van der Waals surface area contributed by atoms with Crippen molar-refractivity contribution in [1.82, 2.24) is 5.32 Å². The number of anilines is 1. The first-order valence-corrected chi connectivity index (χ1v) is 9.06. The molecule has 1 aliphatic rings. The lowest BCUT2D eigenvalue weighted by Crippen LogP contribution is -2.40. The molecule has 1 unspecified atom stereocenters. The van der Waals surface area contributed by atoms with Crippen molar-refractivity contribution in [3.05, 3.63) is 54.1 Å². The van der Waals surface area contributed by atoms with E-state index < -0.39 is 6.43 Å². The zero-order valence-corrected chi connectivity index (χ0v) is 14.7. The van der Waals surface area contributed by atoms with Gasteiger partial charge in [0.1, 0.15) is 0 Å². The number of amides is 1. The number of rotatable bonds is 5. The summed E-state index contributed by atoms with van der Waals surface area (Å²) in [5, 5.41) is 4.17. The maximum atomic E-state index is 12.7. The average Bonchev–Trinajstić information content (AvgIpc) is 3.28. The Bertz CT molecular complexity index is 749. The molecule has 1 N–H and O–H groups in total. The number of benzene rings is 1. The fourth-order valence-electron chi connectivity index (χ4n) is 2.96. The van der Waals surface area contributed by atoms with Crippen LogP contribution in [0.1, 0.15) is 25.3 Å². The summed E-state index contributed by atoms with van der Waals surface area (Å²) in [5.74, 6) is -0.0300. The number of nitrogens with zero attached hydrogens (tertiary/aromatic N) is 1. The molecule has 0 bridgehead atoms. The first-order chi connectivity index (χ1) is 12.1. The third-order valence-electron chi connectivity index (χ3n) is 4.22. The molecule has 1 aromatic heterocycles. The highest BCUT2D eigenvalue weighted by Crippen LogP contribution is 2.36. The smallest absolute Gasteiger partial charge is 0.263 e. The second kappa shape index (κ2) is 7.89. The SMILES string of the molecule is CC=CC(=O)N(c1ccc(-c2ccc(C(F)F)cc2)s1)C1CCNC1. The van der Waals surface area contributed by atoms with Crippen LogP contribution in [0.25, 0.3) is 10.4 Å². The molecule has 0 spiro atoms. The van der Waals surface area contributed by atoms with E-state index in [9.17, 15) is 13.6 Å². The van der Waals surface area contributed by atoms with Crippen LogP contribution >= 0.6 is 11.3 Å². The zero-order valence-electron chi connectivity index (χ0n) is 13.9. The first kappa shape index (κ1) is 17.8. The van der Waals surface area contributed by atoms with Crippen LogP contribution in [-0.4, -0.2) is 25.0 Å². The van der Waals surface area contributed by atoms with Crippen molar-refractivity contribution in [2.24, 2.45) is 0 Å². The van der Waals surface area contributed by atoms with Gasteiger partial charge in [0, 0.05) is 17.0 Å². The molecule has 0 aliphatic carbocycles. The van der Waals surface area contributed by atoms with Gasteiger partial charge in [-0.1, -0.05) is 30.3 Å². The van der Waals surface area contributed by atoms with E-state index >= 15 is 0 Å². The van der Waals surface area contributed by atoms with Crippen molar-refractivity contribution < 1.29 is 13.6 Å². The predicted octanol–water partition coefficient (Wildman–Crippen LogP) is 4.62. The minimum atomic E-state index is -2.46. The van der Waals surface area contributed by atoms with Gasteiger partial charge in [-0.15, -0.1) is 11.3 Å². The fourth-order valence-corrected chi connectivity index (χ4v) is 4.05. The van der Waals surface area contributed by atoms with Gasteiger partial charge in [-0.3, -0.25) is 9.69 Å². The Labute approximate surface area is 150 Å². The topological polar surface area (TPSA) is 32.3 Å². The third kappa shape index (κ3) is 3.96. The van der Waals surface area contributed by atoms with Gasteiger partial charge in [0.2, 0.25) is 0 Å². The number of hydrogen-bond donors (Lipinski definition) is 1. The third-order valence-corrected chi connectivity index (χ3v) is 5.36. The summed E-state index contributed by atoms with van der Waals surface area (Å²) < 4.78 is 25.4. The molecule has 0 saturated carbocycles. The summed E-state index contributed by atoms with van der Waals surface area (Å²) in [6, 6.07) is 10.3. The van der Waals surface area contributed by atoms with Gasteiger partial charge in [0.15, 0.2) is 0 Å². The quantitative estimate of drug-likeness (QED) is 0.787. The van der Waals surface area contributed by atoms with Gasteiger partial charge < -0.3 is 5.32 Å². The molecule has 1 saturated heterocycles. The molecule has 3 nitrogen and oxygen atoms in total. The molecule has 0 radical (unpaired) electrons. The molecule has 1 atom stereocenters. The number of thiophene rings is 1. The first-order valence-electron chi connectivity index (χ1n) is 8.25. The van der Waals surface area contributed by atoms with E-state index in [4.69, 9.17) is 0 Å². The van der Waals surface area contributed by atoms with E-state index in [2.05, 4.69) is 5.32 Å². The number of hydrogen-bond acceptors (Lipinski definition) is 3. The van der Waals surface area contributed by atoms with Crippen LogP contribution in [0.3, 0.4) is 0 Å². The minimum Gasteiger partial charge on any atom is -0.315 e. The number of halogens is 2. The highest BCUT2D eigenvalue weighted by Gasteiger charge is 2.27. The number of allylic oxidation sites excluding steroid dienone is 1. The summed E-state index contributed by atoms with van der Waals surface area (Å²) in [5.41, 5.74) is 0.895. The van der Waals surface area contributed by atoms with E-state index in [0.717, 1.165) is 35.0 Å². The Morgan fingerprint density at radius 3 is 2.64 bits per heavy atom. The Morgan fingerprint density at radius 1 is 1.28 bits per heavy atom. The van der Waals surface area contributed by atoms with Crippen LogP contribution in [0.5, 0.6) is 0 Å². The van der Waals surface area contributed by atoms with Crippen LogP contribution in [-0.2, 0) is 4.79 Å². The molecule has 132 valence electrons. The Kier molecular flexibility index (Phi) is 5.60. The predicted molar refractivity (Wildman–Crippen MR) is 98.3 cm³/mol. The minimum absolute atomic E-state index is 0.0162. The monoisotopic (exact) mass is 362 g/mol. The van der Waals surface area contributed by atoms with Gasteiger partial charge in [0.25, 0.3) is 12.3 Å². The molecule has 1 aliphatic heterocycles. The summed E-state index contributed by atoms with van der Waals surface area (Å²) >= 11 is 1.51. The second-order valence-electron chi connectivity index (χ2n) is 5.92. The molecule has 1 fully saturated rings. The Hall–Kier alpha value is -2.05. The number of nitrogens with one attached hydrogen (secondary N) is 1. The molecule has 3 rings (SSSR count). The molecule has 2 aromatic rings. The van der Waals surface area contributed by atoms with E-state index in [1.807, 2.05) is 24.0 Å². The lowest BCUT2D eigenvalue weighted by atomic mass is 10.1. The summed E-state index contributed by atoms with van der Waals surface area (Å²) in [6.07, 6.45) is 1.78. The van der Waals surface area contributed by atoms with E-state index in [0.29, 0.717) is 0 Å². The molecule has 1 aromatic carbocycles. The van der Waals surface area contributed by atoms with Crippen LogP contribution < -0.4 is 10.2 Å². The maximum absolute atomic E-state index is 12.7. The van der Waals surface area contributed by atoms with Crippen molar-refractivity contribution in [2.45, 2.75) is 25.8 Å². The fraction of sp³-hybridized carbons (Fsp3) is 0.316. The van der Waals surface area contributed by atoms with Crippen molar-refractivity contribution in [3.63, 3.8) is 0 Å². The lowest BCUT2D eigenvalue weighted by Gasteiger charge is -2.26.